The van der Waals surface area contributed by atoms with Crippen molar-refractivity contribution in [1.29, 1.82) is 0 Å². The van der Waals surface area contributed by atoms with Gasteiger partial charge < -0.3 is 4.42 Å². The normalized spacial score (nSPS) is 11.1. The van der Waals surface area contributed by atoms with Crippen molar-refractivity contribution >= 4 is 34.7 Å². The summed E-state index contributed by atoms with van der Waals surface area (Å²) in [4.78, 5) is 5.55. The molecular weight excluding hydrogens is 376 g/mol. The maximum atomic E-state index is 6.23. The first-order valence-corrected chi connectivity index (χ1v) is 9.72. The molecule has 0 fully saturated rings. The van der Waals surface area contributed by atoms with Crippen molar-refractivity contribution in [3.8, 4) is 16.5 Å². The first kappa shape index (κ1) is 16.4. The van der Waals surface area contributed by atoms with E-state index in [9.17, 15) is 0 Å². The number of aryl methyl sites for hydroxylation is 1. The average molecular weight is 389 g/mol. The number of halogens is 1. The monoisotopic (exact) mass is 388 g/mol. The van der Waals surface area contributed by atoms with Crippen molar-refractivity contribution in [3.63, 3.8) is 0 Å². The Morgan fingerprint density at radius 3 is 3.04 bits per heavy atom. The van der Waals surface area contributed by atoms with Gasteiger partial charge in [-0.3, -0.25) is 4.57 Å². The summed E-state index contributed by atoms with van der Waals surface area (Å²) in [6, 6.07) is 9.87. The summed E-state index contributed by atoms with van der Waals surface area (Å²) in [5.41, 5.74) is 2.84. The number of nitrogens with zero attached hydrogens (tertiary/aromatic N) is 4. The predicted molar refractivity (Wildman–Crippen MR) is 100 cm³/mol. The van der Waals surface area contributed by atoms with Crippen LogP contribution in [0.2, 0.25) is 5.02 Å². The van der Waals surface area contributed by atoms with E-state index in [0.717, 1.165) is 32.0 Å². The highest BCUT2D eigenvalue weighted by atomic mass is 35.5. The molecule has 0 aliphatic carbocycles. The number of oxazole rings is 1. The van der Waals surface area contributed by atoms with Gasteiger partial charge in [0, 0.05) is 10.8 Å². The molecule has 0 saturated heterocycles. The predicted octanol–water partition coefficient (Wildman–Crippen LogP) is 5.24. The van der Waals surface area contributed by atoms with Gasteiger partial charge in [0.1, 0.15) is 12.6 Å². The van der Waals surface area contributed by atoms with Gasteiger partial charge in [0.25, 0.3) is 0 Å². The van der Waals surface area contributed by atoms with E-state index in [1.807, 2.05) is 47.2 Å². The zero-order valence-electron chi connectivity index (χ0n) is 13.2. The van der Waals surface area contributed by atoms with Gasteiger partial charge in [-0.2, -0.15) is 0 Å². The molecule has 0 radical (unpaired) electrons. The average Bonchev–Trinajstić information content (AvgIpc) is 3.36. The Labute approximate surface area is 157 Å². The van der Waals surface area contributed by atoms with Crippen LogP contribution < -0.4 is 0 Å². The summed E-state index contributed by atoms with van der Waals surface area (Å²) < 4.78 is 7.46. The minimum atomic E-state index is 0.646. The van der Waals surface area contributed by atoms with Crippen molar-refractivity contribution in [1.82, 2.24) is 19.7 Å². The summed E-state index contributed by atoms with van der Waals surface area (Å²) in [6.45, 7) is 1.98. The van der Waals surface area contributed by atoms with Crippen LogP contribution in [0.4, 0.5) is 0 Å². The number of hydrogen-bond acceptors (Lipinski definition) is 6. The molecule has 1 aromatic carbocycles. The summed E-state index contributed by atoms with van der Waals surface area (Å²) in [5.74, 6) is 1.30. The van der Waals surface area contributed by atoms with E-state index in [1.165, 1.54) is 0 Å². The molecule has 5 nitrogen and oxygen atoms in total. The summed E-state index contributed by atoms with van der Waals surface area (Å²) >= 11 is 9.38. The quantitative estimate of drug-likeness (QED) is 0.437. The van der Waals surface area contributed by atoms with E-state index in [2.05, 4.69) is 15.2 Å². The van der Waals surface area contributed by atoms with Crippen molar-refractivity contribution in [2.24, 2.45) is 0 Å². The van der Waals surface area contributed by atoms with Crippen molar-refractivity contribution in [2.45, 2.75) is 17.8 Å². The second kappa shape index (κ2) is 7.03. The first-order chi connectivity index (χ1) is 12.2. The zero-order chi connectivity index (χ0) is 17.2. The van der Waals surface area contributed by atoms with E-state index < -0.39 is 0 Å². The second-order valence-corrected chi connectivity index (χ2v) is 7.62. The molecule has 0 saturated carbocycles. The van der Waals surface area contributed by atoms with Gasteiger partial charge in [-0.1, -0.05) is 35.5 Å². The van der Waals surface area contributed by atoms with Gasteiger partial charge >= 0.3 is 0 Å². The van der Waals surface area contributed by atoms with Crippen LogP contribution in [0.25, 0.3) is 16.5 Å². The lowest BCUT2D eigenvalue weighted by Gasteiger charge is -2.07. The highest BCUT2D eigenvalue weighted by Crippen LogP contribution is 2.28. The lowest BCUT2D eigenvalue weighted by Crippen LogP contribution is -1.96. The lowest BCUT2D eigenvalue weighted by atomic mass is 10.2. The van der Waals surface area contributed by atoms with Gasteiger partial charge in [0.15, 0.2) is 5.16 Å². The number of aromatic nitrogens is 4. The minimum Gasteiger partial charge on any atom is -0.444 e. The van der Waals surface area contributed by atoms with Gasteiger partial charge in [0.05, 0.1) is 16.3 Å². The van der Waals surface area contributed by atoms with Crippen LogP contribution in [-0.4, -0.2) is 19.7 Å². The molecule has 3 aromatic heterocycles. The number of hydrogen-bond donors (Lipinski definition) is 0. The molecule has 0 aliphatic rings. The Bertz CT molecular complexity index is 994. The molecule has 0 aliphatic heterocycles. The Morgan fingerprint density at radius 1 is 1.32 bits per heavy atom. The highest BCUT2D eigenvalue weighted by molar-refractivity contribution is 7.98. The van der Waals surface area contributed by atoms with Crippen LogP contribution in [-0.2, 0) is 5.75 Å². The number of thioether (sulfide) groups is 1. The topological polar surface area (TPSA) is 56.7 Å². The molecule has 0 N–H and O–H groups in total. The smallest absolute Gasteiger partial charge is 0.236 e. The van der Waals surface area contributed by atoms with E-state index in [4.69, 9.17) is 16.0 Å². The highest BCUT2D eigenvalue weighted by Gasteiger charge is 2.12. The number of benzene rings is 1. The fraction of sp³-hybridized carbons (Fsp3) is 0.118. The van der Waals surface area contributed by atoms with Crippen LogP contribution in [0.15, 0.2) is 57.9 Å². The van der Waals surface area contributed by atoms with Crippen LogP contribution in [0.5, 0.6) is 0 Å². The first-order valence-electron chi connectivity index (χ1n) is 7.48. The summed E-state index contributed by atoms with van der Waals surface area (Å²) in [5, 5.41) is 11.7. The Hall–Kier alpha value is -2.09. The number of rotatable bonds is 5. The van der Waals surface area contributed by atoms with E-state index >= 15 is 0 Å². The van der Waals surface area contributed by atoms with Gasteiger partial charge in [-0.25, -0.2) is 4.98 Å². The molecule has 0 bridgehead atoms. The van der Waals surface area contributed by atoms with Crippen molar-refractivity contribution in [3.05, 3.63) is 64.6 Å². The van der Waals surface area contributed by atoms with E-state index in [1.54, 1.807) is 35.7 Å². The Kier molecular flexibility index (Phi) is 4.61. The molecule has 25 heavy (non-hydrogen) atoms. The third-order valence-electron chi connectivity index (χ3n) is 3.58. The SMILES string of the molecule is Cc1ccc(-n2cnnc2SCc2coc(-c3cccs3)n2)cc1Cl. The summed E-state index contributed by atoms with van der Waals surface area (Å²) in [6.07, 6.45) is 3.37. The molecule has 4 rings (SSSR count). The van der Waals surface area contributed by atoms with Crippen molar-refractivity contribution < 1.29 is 4.42 Å². The maximum Gasteiger partial charge on any atom is 0.236 e. The van der Waals surface area contributed by atoms with Gasteiger partial charge in [0.2, 0.25) is 5.89 Å². The van der Waals surface area contributed by atoms with E-state index in [-0.39, 0.29) is 0 Å². The zero-order valence-corrected chi connectivity index (χ0v) is 15.6. The minimum absolute atomic E-state index is 0.646. The fourth-order valence-corrected chi connectivity index (χ4v) is 3.89. The standard InChI is InChI=1S/C17H13ClN4OS2/c1-11-4-5-13(7-14(11)18)22-10-19-21-17(22)25-9-12-8-23-16(20-12)15-3-2-6-24-15/h2-8,10H,9H2,1H3. The van der Waals surface area contributed by atoms with Crippen molar-refractivity contribution in [2.75, 3.05) is 0 Å². The van der Waals surface area contributed by atoms with Gasteiger partial charge in [-0.05, 0) is 36.1 Å². The van der Waals surface area contributed by atoms with Gasteiger partial charge in [-0.15, -0.1) is 21.5 Å². The van der Waals surface area contributed by atoms with Crippen LogP contribution in [0.3, 0.4) is 0 Å². The molecule has 126 valence electrons. The summed E-state index contributed by atoms with van der Waals surface area (Å²) in [7, 11) is 0. The molecular formula is C17H13ClN4OS2. The molecule has 0 unspecified atom stereocenters. The second-order valence-electron chi connectivity index (χ2n) is 5.33. The third-order valence-corrected chi connectivity index (χ3v) is 5.82. The Morgan fingerprint density at radius 2 is 2.24 bits per heavy atom. The molecule has 3 heterocycles. The molecule has 8 heteroatoms. The van der Waals surface area contributed by atoms with E-state index in [0.29, 0.717) is 11.6 Å². The van der Waals surface area contributed by atoms with Crippen LogP contribution in [0, 0.1) is 6.92 Å². The van der Waals surface area contributed by atoms with Crippen LogP contribution in [0.1, 0.15) is 11.3 Å². The fourth-order valence-electron chi connectivity index (χ4n) is 2.26. The molecule has 4 aromatic rings. The molecule has 0 spiro atoms. The van der Waals surface area contributed by atoms with Crippen LogP contribution >= 0.6 is 34.7 Å². The Balaban J connectivity index is 1.51. The number of thiophene rings is 1. The molecule has 0 amide bonds. The third kappa shape index (κ3) is 3.49. The maximum absolute atomic E-state index is 6.23. The lowest BCUT2D eigenvalue weighted by molar-refractivity contribution is 0.575. The molecule has 0 atom stereocenters. The largest absolute Gasteiger partial charge is 0.444 e.